The van der Waals surface area contributed by atoms with Crippen LogP contribution in [-0.2, 0) is 4.74 Å². The van der Waals surface area contributed by atoms with Crippen molar-refractivity contribution in [3.63, 3.8) is 0 Å². The molecule has 0 aliphatic rings. The third kappa shape index (κ3) is 2.09. The molecule has 1 aromatic carbocycles. The highest BCUT2D eigenvalue weighted by molar-refractivity contribution is 7.07. The van der Waals surface area contributed by atoms with E-state index in [1.165, 1.54) is 24.5 Å². The van der Waals surface area contributed by atoms with E-state index in [0.29, 0.717) is 11.3 Å². The van der Waals surface area contributed by atoms with Crippen molar-refractivity contribution in [1.82, 2.24) is 4.98 Å². The largest absolute Gasteiger partial charge is 0.465 e. The number of thiazole rings is 1. The minimum Gasteiger partial charge on any atom is -0.465 e. The third-order valence-electron chi connectivity index (χ3n) is 2.05. The van der Waals surface area contributed by atoms with Crippen LogP contribution in [0.2, 0.25) is 0 Å². The molecule has 0 radical (unpaired) electrons. The van der Waals surface area contributed by atoms with E-state index in [4.69, 9.17) is 0 Å². The lowest BCUT2D eigenvalue weighted by molar-refractivity contribution is 0.0600. The molecular weight excluding hydrogens is 229 g/mol. The van der Waals surface area contributed by atoms with Crippen molar-refractivity contribution >= 4 is 17.3 Å². The zero-order chi connectivity index (χ0) is 11.5. The van der Waals surface area contributed by atoms with Gasteiger partial charge in [-0.1, -0.05) is 0 Å². The smallest absolute Gasteiger partial charge is 0.337 e. The number of esters is 1. The van der Waals surface area contributed by atoms with Crippen molar-refractivity contribution in [2.45, 2.75) is 0 Å². The normalized spacial score (nSPS) is 10.1. The fraction of sp³-hybridized carbons (Fsp3) is 0.0909. The summed E-state index contributed by atoms with van der Waals surface area (Å²) in [6, 6.07) is 4.03. The van der Waals surface area contributed by atoms with Gasteiger partial charge in [0, 0.05) is 10.9 Å². The fourth-order valence-corrected chi connectivity index (χ4v) is 1.89. The van der Waals surface area contributed by atoms with Crippen LogP contribution < -0.4 is 0 Å². The summed E-state index contributed by atoms with van der Waals surface area (Å²) in [6.07, 6.45) is 0. The van der Waals surface area contributed by atoms with Gasteiger partial charge in [0.2, 0.25) is 0 Å². The van der Waals surface area contributed by atoms with Gasteiger partial charge >= 0.3 is 5.97 Å². The molecule has 0 aliphatic carbocycles. The van der Waals surface area contributed by atoms with Crippen molar-refractivity contribution < 1.29 is 13.9 Å². The lowest BCUT2D eigenvalue weighted by Gasteiger charge is -2.02. The van der Waals surface area contributed by atoms with Crippen LogP contribution in [0.15, 0.2) is 29.1 Å². The molecule has 0 unspecified atom stereocenters. The average Bonchev–Trinajstić information content (AvgIpc) is 2.80. The molecule has 0 aliphatic heterocycles. The number of aromatic nitrogens is 1. The Morgan fingerprint density at radius 2 is 2.25 bits per heavy atom. The summed E-state index contributed by atoms with van der Waals surface area (Å²) in [6.45, 7) is 0. The summed E-state index contributed by atoms with van der Waals surface area (Å²) in [4.78, 5) is 15.3. The highest BCUT2D eigenvalue weighted by Gasteiger charge is 2.10. The molecule has 1 aromatic heterocycles. The average molecular weight is 237 g/mol. The van der Waals surface area contributed by atoms with E-state index in [-0.39, 0.29) is 5.56 Å². The van der Waals surface area contributed by atoms with Crippen LogP contribution in [0.3, 0.4) is 0 Å². The summed E-state index contributed by atoms with van der Waals surface area (Å²) in [5, 5.41) is 1.79. The topological polar surface area (TPSA) is 39.2 Å². The molecule has 0 amide bonds. The first-order valence-corrected chi connectivity index (χ1v) is 5.42. The molecule has 3 nitrogen and oxygen atoms in total. The minimum atomic E-state index is -0.559. The van der Waals surface area contributed by atoms with Gasteiger partial charge in [-0.3, -0.25) is 0 Å². The van der Waals surface area contributed by atoms with Crippen molar-refractivity contribution in [3.05, 3.63) is 40.5 Å². The van der Waals surface area contributed by atoms with Gasteiger partial charge in [-0.2, -0.15) is 0 Å². The van der Waals surface area contributed by atoms with Crippen LogP contribution in [0.5, 0.6) is 0 Å². The van der Waals surface area contributed by atoms with E-state index in [9.17, 15) is 9.18 Å². The fourth-order valence-electron chi connectivity index (χ4n) is 1.33. The van der Waals surface area contributed by atoms with E-state index in [1.807, 2.05) is 0 Å². The first-order chi connectivity index (χ1) is 7.70. The number of carbonyl (C=O) groups excluding carboxylic acids is 1. The Kier molecular flexibility index (Phi) is 2.96. The molecule has 2 aromatic rings. The van der Waals surface area contributed by atoms with Crippen molar-refractivity contribution in [2.24, 2.45) is 0 Å². The Labute approximate surface area is 95.5 Å². The molecule has 5 heteroatoms. The second kappa shape index (κ2) is 4.40. The van der Waals surface area contributed by atoms with Gasteiger partial charge in [-0.25, -0.2) is 14.2 Å². The van der Waals surface area contributed by atoms with Gasteiger partial charge in [0.05, 0.1) is 23.9 Å². The van der Waals surface area contributed by atoms with E-state index >= 15 is 0 Å². The summed E-state index contributed by atoms with van der Waals surface area (Å²) < 4.78 is 17.8. The lowest BCUT2D eigenvalue weighted by atomic mass is 10.1. The van der Waals surface area contributed by atoms with E-state index in [0.717, 1.165) is 6.07 Å². The van der Waals surface area contributed by atoms with Crippen molar-refractivity contribution in [3.8, 4) is 11.3 Å². The maximum Gasteiger partial charge on any atom is 0.337 e. The number of halogens is 1. The molecule has 0 spiro atoms. The molecule has 16 heavy (non-hydrogen) atoms. The molecule has 0 N–H and O–H groups in total. The lowest BCUT2D eigenvalue weighted by Crippen LogP contribution is -2.02. The number of rotatable bonds is 2. The van der Waals surface area contributed by atoms with Crippen LogP contribution in [0.25, 0.3) is 11.3 Å². The predicted octanol–water partition coefficient (Wildman–Crippen LogP) is 2.74. The number of hydrogen-bond acceptors (Lipinski definition) is 4. The standard InChI is InChI=1S/C11H8FNO2S/c1-15-11(14)8-2-7(3-9(12)4-8)10-5-16-6-13-10/h2-6H,1H3. The first-order valence-electron chi connectivity index (χ1n) is 4.48. The number of benzene rings is 1. The van der Waals surface area contributed by atoms with Gasteiger partial charge in [-0.15, -0.1) is 11.3 Å². The van der Waals surface area contributed by atoms with E-state index in [1.54, 1.807) is 17.0 Å². The summed E-state index contributed by atoms with van der Waals surface area (Å²) in [7, 11) is 1.26. The van der Waals surface area contributed by atoms with E-state index in [2.05, 4.69) is 9.72 Å². The number of hydrogen-bond donors (Lipinski definition) is 0. The Morgan fingerprint density at radius 3 is 2.88 bits per heavy atom. The SMILES string of the molecule is COC(=O)c1cc(F)cc(-c2cscn2)c1. The second-order valence-electron chi connectivity index (χ2n) is 3.09. The summed E-state index contributed by atoms with van der Waals surface area (Å²) >= 11 is 1.41. The zero-order valence-corrected chi connectivity index (χ0v) is 9.25. The van der Waals surface area contributed by atoms with Crippen molar-refractivity contribution in [1.29, 1.82) is 0 Å². The molecule has 0 fully saturated rings. The molecule has 0 saturated heterocycles. The third-order valence-corrected chi connectivity index (χ3v) is 2.63. The maximum atomic E-state index is 13.3. The number of carbonyl (C=O) groups is 1. The molecular formula is C11H8FNO2S. The first kappa shape index (κ1) is 10.8. The number of methoxy groups -OCH3 is 1. The molecule has 2 rings (SSSR count). The molecule has 1 heterocycles. The predicted molar refractivity (Wildman–Crippen MR) is 58.8 cm³/mol. The highest BCUT2D eigenvalue weighted by Crippen LogP contribution is 2.22. The van der Waals surface area contributed by atoms with E-state index < -0.39 is 11.8 Å². The summed E-state index contributed by atoms with van der Waals surface area (Å²) in [5.41, 5.74) is 3.06. The Hall–Kier alpha value is -1.75. The van der Waals surface area contributed by atoms with Crippen LogP contribution in [-0.4, -0.2) is 18.1 Å². The van der Waals surface area contributed by atoms with Crippen LogP contribution in [0.4, 0.5) is 4.39 Å². The zero-order valence-electron chi connectivity index (χ0n) is 8.44. The van der Waals surface area contributed by atoms with Gasteiger partial charge in [0.25, 0.3) is 0 Å². The van der Waals surface area contributed by atoms with Crippen LogP contribution >= 0.6 is 11.3 Å². The Bertz CT molecular complexity index is 511. The molecule has 0 atom stereocenters. The number of ether oxygens (including phenoxy) is 1. The van der Waals surface area contributed by atoms with Crippen LogP contribution in [0.1, 0.15) is 10.4 Å². The summed E-state index contributed by atoms with van der Waals surface area (Å²) in [5.74, 6) is -1.04. The second-order valence-corrected chi connectivity index (χ2v) is 3.81. The minimum absolute atomic E-state index is 0.186. The maximum absolute atomic E-state index is 13.3. The Morgan fingerprint density at radius 1 is 1.44 bits per heavy atom. The number of nitrogens with zero attached hydrogens (tertiary/aromatic N) is 1. The molecule has 82 valence electrons. The molecule has 0 saturated carbocycles. The Balaban J connectivity index is 2.48. The monoisotopic (exact) mass is 237 g/mol. The van der Waals surface area contributed by atoms with Gasteiger partial charge in [-0.05, 0) is 18.2 Å². The van der Waals surface area contributed by atoms with Gasteiger partial charge in [0.15, 0.2) is 0 Å². The van der Waals surface area contributed by atoms with Gasteiger partial charge < -0.3 is 4.74 Å². The van der Waals surface area contributed by atoms with Gasteiger partial charge in [0.1, 0.15) is 5.82 Å². The quantitative estimate of drug-likeness (QED) is 0.754. The molecule has 0 bridgehead atoms. The highest BCUT2D eigenvalue weighted by atomic mass is 32.1. The van der Waals surface area contributed by atoms with Crippen molar-refractivity contribution in [2.75, 3.05) is 7.11 Å². The van der Waals surface area contributed by atoms with Crippen LogP contribution in [0, 0.1) is 5.82 Å².